The van der Waals surface area contributed by atoms with E-state index in [1.54, 1.807) is 4.90 Å². The summed E-state index contributed by atoms with van der Waals surface area (Å²) in [5.41, 5.74) is -0.461. The highest BCUT2D eigenvalue weighted by Crippen LogP contribution is 2.14. The molecule has 0 spiro atoms. The number of amides is 1. The molecule has 0 aliphatic rings. The molecule has 0 aliphatic heterocycles. The molecule has 0 radical (unpaired) electrons. The Morgan fingerprint density at radius 3 is 2.00 bits per heavy atom. The van der Waals surface area contributed by atoms with E-state index in [2.05, 4.69) is 5.32 Å². The Kier molecular flexibility index (Phi) is 12.5. The van der Waals surface area contributed by atoms with Gasteiger partial charge in [-0.1, -0.05) is 20.3 Å². The minimum Gasteiger partial charge on any atom is -0.396 e. The Morgan fingerprint density at radius 1 is 1.00 bits per heavy atom. The number of hydrogen-bond acceptors (Lipinski definition) is 5. The van der Waals surface area contributed by atoms with E-state index in [0.29, 0.717) is 19.8 Å². The third kappa shape index (κ3) is 14.3. The first-order valence-corrected chi connectivity index (χ1v) is 10.6. The van der Waals surface area contributed by atoms with Crippen LogP contribution in [0.2, 0.25) is 0 Å². The predicted molar refractivity (Wildman–Crippen MR) is 116 cm³/mol. The van der Waals surface area contributed by atoms with Gasteiger partial charge in [-0.05, 0) is 54.4 Å². The number of ether oxygens (including phenoxy) is 2. The van der Waals surface area contributed by atoms with Gasteiger partial charge in [0.15, 0.2) is 0 Å². The number of carbonyl (C=O) groups excluding carboxylic acids is 1. The molecule has 6 nitrogen and oxygen atoms in total. The Morgan fingerprint density at radius 2 is 1.54 bits per heavy atom. The van der Waals surface area contributed by atoms with Gasteiger partial charge in [0.25, 0.3) is 0 Å². The van der Waals surface area contributed by atoms with Crippen LogP contribution in [0, 0.1) is 5.92 Å². The van der Waals surface area contributed by atoms with Gasteiger partial charge in [-0.2, -0.15) is 0 Å². The number of likely N-dealkylation sites (N-methyl/N-ethyl adjacent to an activating group) is 1. The van der Waals surface area contributed by atoms with Gasteiger partial charge >= 0.3 is 0 Å². The number of unbranched alkanes of at least 4 members (excludes halogenated alkanes) is 1. The maximum atomic E-state index is 12.8. The third-order valence-electron chi connectivity index (χ3n) is 4.26. The zero-order valence-corrected chi connectivity index (χ0v) is 19.8. The average Bonchev–Trinajstić information content (AvgIpc) is 2.55. The molecule has 0 aromatic heterocycles. The van der Waals surface area contributed by atoms with Gasteiger partial charge in [-0.25, -0.2) is 0 Å². The lowest BCUT2D eigenvalue weighted by atomic mass is 10.0. The normalized spacial score (nSPS) is 15.0. The van der Waals surface area contributed by atoms with Crippen molar-refractivity contribution in [1.29, 1.82) is 0 Å². The van der Waals surface area contributed by atoms with Gasteiger partial charge in [0, 0.05) is 32.2 Å². The van der Waals surface area contributed by atoms with Crippen LogP contribution in [0.5, 0.6) is 0 Å². The van der Waals surface area contributed by atoms with Crippen molar-refractivity contribution in [2.24, 2.45) is 5.92 Å². The molecule has 1 amide bonds. The highest BCUT2D eigenvalue weighted by molar-refractivity contribution is 5.81. The standard InChI is InChI=1S/C22H46N2O4/c1-17(2)23-19(16-28-22(6,7)8)20(26)24(9)13-11-10-12-18(14-25)15-27-21(3,4)5/h17-19,23,25H,10-16H2,1-9H3/t18?,19-/m0/s1. The molecule has 0 aromatic rings. The molecule has 0 heterocycles. The second kappa shape index (κ2) is 12.8. The lowest BCUT2D eigenvalue weighted by Crippen LogP contribution is -2.51. The van der Waals surface area contributed by atoms with Crippen molar-refractivity contribution >= 4 is 5.91 Å². The topological polar surface area (TPSA) is 71.0 Å². The smallest absolute Gasteiger partial charge is 0.241 e. The fraction of sp³-hybridized carbons (Fsp3) is 0.955. The SMILES string of the molecule is CC(C)N[C@@H](COC(C)(C)C)C(=O)N(C)CCCCC(CO)COC(C)(C)C. The quantitative estimate of drug-likeness (QED) is 0.463. The summed E-state index contributed by atoms with van der Waals surface area (Å²) in [6.45, 7) is 17.9. The first kappa shape index (κ1) is 27.3. The highest BCUT2D eigenvalue weighted by Gasteiger charge is 2.25. The first-order valence-electron chi connectivity index (χ1n) is 10.6. The number of nitrogens with one attached hydrogen (secondary N) is 1. The van der Waals surface area contributed by atoms with E-state index < -0.39 is 0 Å². The van der Waals surface area contributed by atoms with Crippen molar-refractivity contribution in [3.63, 3.8) is 0 Å². The van der Waals surface area contributed by atoms with Gasteiger partial charge in [0.2, 0.25) is 5.91 Å². The minimum atomic E-state index is -0.338. The summed E-state index contributed by atoms with van der Waals surface area (Å²) in [6.07, 6.45) is 2.76. The number of hydrogen-bond donors (Lipinski definition) is 2. The monoisotopic (exact) mass is 402 g/mol. The van der Waals surface area contributed by atoms with Crippen molar-refractivity contribution in [3.05, 3.63) is 0 Å². The number of carbonyl (C=O) groups is 1. The molecule has 2 N–H and O–H groups in total. The van der Waals surface area contributed by atoms with Gasteiger partial charge < -0.3 is 24.8 Å². The second-order valence-corrected chi connectivity index (χ2v) is 10.0. The summed E-state index contributed by atoms with van der Waals surface area (Å²) in [6, 6.07) is -0.131. The molecule has 0 aliphatic carbocycles. The van der Waals surface area contributed by atoms with Gasteiger partial charge in [-0.15, -0.1) is 0 Å². The summed E-state index contributed by atoms with van der Waals surface area (Å²) in [5.74, 6) is 0.212. The van der Waals surface area contributed by atoms with Crippen LogP contribution in [0.4, 0.5) is 0 Å². The van der Waals surface area contributed by atoms with E-state index in [-0.39, 0.29) is 41.7 Å². The van der Waals surface area contributed by atoms with Crippen LogP contribution in [-0.2, 0) is 14.3 Å². The average molecular weight is 403 g/mol. The Hall–Kier alpha value is -0.690. The van der Waals surface area contributed by atoms with E-state index in [4.69, 9.17) is 9.47 Å². The fourth-order valence-corrected chi connectivity index (χ4v) is 2.68. The maximum absolute atomic E-state index is 12.8. The molecule has 0 rings (SSSR count). The molecular weight excluding hydrogens is 356 g/mol. The summed E-state index contributed by atoms with van der Waals surface area (Å²) < 4.78 is 11.6. The molecule has 0 fully saturated rings. The van der Waals surface area contributed by atoms with Crippen LogP contribution >= 0.6 is 0 Å². The van der Waals surface area contributed by atoms with Crippen molar-refractivity contribution in [1.82, 2.24) is 10.2 Å². The molecule has 0 saturated carbocycles. The number of rotatable bonds is 13. The number of aliphatic hydroxyl groups excluding tert-OH is 1. The lowest BCUT2D eigenvalue weighted by Gasteiger charge is -2.29. The summed E-state index contributed by atoms with van der Waals surface area (Å²) in [4.78, 5) is 14.6. The molecule has 1 unspecified atom stereocenters. The van der Waals surface area contributed by atoms with Crippen molar-refractivity contribution < 1.29 is 19.4 Å². The summed E-state index contributed by atoms with van der Waals surface area (Å²) in [5, 5.41) is 12.9. The molecule has 28 heavy (non-hydrogen) atoms. The molecule has 2 atom stereocenters. The fourth-order valence-electron chi connectivity index (χ4n) is 2.68. The summed E-state index contributed by atoms with van der Waals surface area (Å²) >= 11 is 0. The molecule has 168 valence electrons. The molecule has 0 aromatic carbocycles. The van der Waals surface area contributed by atoms with Crippen molar-refractivity contribution in [3.8, 4) is 0 Å². The van der Waals surface area contributed by atoms with Crippen LogP contribution in [0.25, 0.3) is 0 Å². The summed E-state index contributed by atoms with van der Waals surface area (Å²) in [7, 11) is 1.85. The van der Waals surface area contributed by atoms with Gasteiger partial charge in [0.1, 0.15) is 6.04 Å². The van der Waals surface area contributed by atoms with Gasteiger partial charge in [-0.3, -0.25) is 4.79 Å². The van der Waals surface area contributed by atoms with Crippen LogP contribution in [0.3, 0.4) is 0 Å². The van der Waals surface area contributed by atoms with E-state index >= 15 is 0 Å². The predicted octanol–water partition coefficient (Wildman–Crippen LogP) is 3.22. The Labute approximate surface area is 173 Å². The van der Waals surface area contributed by atoms with E-state index in [1.807, 2.05) is 62.4 Å². The molecular formula is C22H46N2O4. The minimum absolute atomic E-state index is 0.0627. The van der Waals surface area contributed by atoms with Crippen molar-refractivity contribution in [2.45, 2.75) is 97.9 Å². The number of nitrogens with zero attached hydrogens (tertiary/aromatic N) is 1. The zero-order valence-electron chi connectivity index (χ0n) is 19.8. The third-order valence-corrected chi connectivity index (χ3v) is 4.26. The number of aliphatic hydroxyl groups is 1. The van der Waals surface area contributed by atoms with E-state index in [9.17, 15) is 9.90 Å². The Bertz CT molecular complexity index is 427. The highest BCUT2D eigenvalue weighted by atomic mass is 16.5. The Balaban J connectivity index is 4.40. The van der Waals surface area contributed by atoms with Gasteiger partial charge in [0.05, 0.1) is 24.4 Å². The second-order valence-electron chi connectivity index (χ2n) is 10.0. The van der Waals surface area contributed by atoms with Crippen molar-refractivity contribution in [2.75, 3.05) is 33.4 Å². The largest absolute Gasteiger partial charge is 0.396 e. The molecule has 6 heteroatoms. The molecule has 0 bridgehead atoms. The lowest BCUT2D eigenvalue weighted by molar-refractivity contribution is -0.135. The van der Waals surface area contributed by atoms with E-state index in [1.165, 1.54) is 0 Å². The van der Waals surface area contributed by atoms with Crippen LogP contribution < -0.4 is 5.32 Å². The first-order chi connectivity index (χ1) is 12.7. The van der Waals surface area contributed by atoms with Crippen LogP contribution in [-0.4, -0.2) is 72.6 Å². The zero-order chi connectivity index (χ0) is 22.0. The van der Waals surface area contributed by atoms with Crippen LogP contribution in [0.1, 0.15) is 74.7 Å². The maximum Gasteiger partial charge on any atom is 0.241 e. The van der Waals surface area contributed by atoms with Crippen LogP contribution in [0.15, 0.2) is 0 Å². The molecule has 0 saturated heterocycles. The van der Waals surface area contributed by atoms with E-state index in [0.717, 1.165) is 19.3 Å².